The van der Waals surface area contributed by atoms with E-state index in [1.54, 1.807) is 0 Å². The number of amides is 1. The van der Waals surface area contributed by atoms with Gasteiger partial charge in [-0.2, -0.15) is 8.42 Å². The molecule has 0 saturated heterocycles. The quantitative estimate of drug-likeness (QED) is 0.351. The first kappa shape index (κ1) is 11.9. The van der Waals surface area contributed by atoms with E-state index in [0.29, 0.717) is 0 Å². The Morgan fingerprint density at radius 3 is 1.78 bits per heavy atom. The Balaban J connectivity index is 0. The third kappa shape index (κ3) is 4.65. The van der Waals surface area contributed by atoms with Crippen molar-refractivity contribution in [3.05, 3.63) is 0 Å². The number of carbonyl (C=O) groups excluding carboxylic acids is 1. The van der Waals surface area contributed by atoms with Crippen LogP contribution in [-0.2, 0) is 15.1 Å². The maximum atomic E-state index is 9.93. The van der Waals surface area contributed by atoms with Crippen LogP contribution in [0.5, 0.6) is 0 Å². The third-order valence-corrected chi connectivity index (χ3v) is 1.30. The first-order chi connectivity index (χ1) is 3.55. The van der Waals surface area contributed by atoms with Crippen molar-refractivity contribution in [3.8, 4) is 0 Å². The van der Waals surface area contributed by atoms with Gasteiger partial charge in [-0.15, -0.1) is 0 Å². The molecule has 9 heavy (non-hydrogen) atoms. The number of nitrogens with two attached hydrogens (primary N) is 1. The Bertz CT molecular complexity index is 221. The van der Waals surface area contributed by atoms with Gasteiger partial charge in [0.25, 0.3) is 5.91 Å². The van der Waals surface area contributed by atoms with Crippen LogP contribution in [0.4, 0.5) is 0 Å². The van der Waals surface area contributed by atoms with E-state index in [2.05, 4.69) is 5.73 Å². The van der Waals surface area contributed by atoms with Crippen LogP contribution >= 0.6 is 0 Å². The molecule has 0 aromatic heterocycles. The van der Waals surface area contributed by atoms with E-state index >= 15 is 0 Å². The van der Waals surface area contributed by atoms with Crippen molar-refractivity contribution >= 4 is 50.6 Å². The van der Waals surface area contributed by atoms with Gasteiger partial charge in [-0.3, -0.25) is 4.79 Å². The number of hydrogen-bond acceptors (Lipinski definition) is 3. The predicted octanol–water partition coefficient (Wildman–Crippen LogP) is -2.11. The Morgan fingerprint density at radius 2 is 1.78 bits per heavy atom. The Kier molecular flexibility index (Phi) is 6.59. The summed E-state index contributed by atoms with van der Waals surface area (Å²) in [4.78, 5) is 9.59. The van der Waals surface area contributed by atoms with Crippen molar-refractivity contribution < 1.29 is 13.2 Å². The molecule has 0 aliphatic rings. The van der Waals surface area contributed by atoms with E-state index in [0.717, 1.165) is 6.92 Å². The average molecular weight is 159 g/mol. The molecular weight excluding hydrogens is 153 g/mol. The molecule has 0 radical (unpaired) electrons. The first-order valence-electron chi connectivity index (χ1n) is 1.78. The van der Waals surface area contributed by atoms with Crippen molar-refractivity contribution in [2.75, 3.05) is 0 Å². The summed E-state index contributed by atoms with van der Waals surface area (Å²) < 4.78 is 19.6. The average Bonchev–Trinajstić information content (AvgIpc) is 1.64. The van der Waals surface area contributed by atoms with Crippen LogP contribution in [0.15, 0.2) is 0 Å². The van der Waals surface area contributed by atoms with Gasteiger partial charge in [-0.25, -0.2) is 0 Å². The summed E-state index contributed by atoms with van der Waals surface area (Å²) in [5, 5.41) is 0. The van der Waals surface area contributed by atoms with Crippen LogP contribution in [0.1, 0.15) is 6.92 Å². The number of rotatable bonds is 1. The Hall–Kier alpha value is 0.160. The Morgan fingerprint density at radius 1 is 1.44 bits per heavy atom. The van der Waals surface area contributed by atoms with Crippen LogP contribution in [-0.4, -0.2) is 48.7 Å². The summed E-state index contributed by atoms with van der Waals surface area (Å²) >= 11 is 0. The van der Waals surface area contributed by atoms with Crippen LogP contribution in [0.2, 0.25) is 0 Å². The van der Waals surface area contributed by atoms with Crippen molar-refractivity contribution in [2.24, 2.45) is 5.73 Å². The van der Waals surface area contributed by atoms with Gasteiger partial charge in [-0.1, -0.05) is 0 Å². The molecule has 0 aliphatic carbocycles. The van der Waals surface area contributed by atoms with E-state index < -0.39 is 16.2 Å². The molecule has 0 heterocycles. The van der Waals surface area contributed by atoms with Crippen molar-refractivity contribution in [1.82, 2.24) is 0 Å². The molecule has 0 saturated carbocycles. The van der Waals surface area contributed by atoms with Crippen LogP contribution in [0, 0.1) is 0 Å². The summed E-state index contributed by atoms with van der Waals surface area (Å²) in [7, 11) is -2.45. The van der Waals surface area contributed by atoms with Gasteiger partial charge >= 0.3 is 29.6 Å². The number of primary amides is 1. The Labute approximate surface area is 76.2 Å². The molecule has 0 aromatic rings. The molecular formula is C3H6NNaO3S. The van der Waals surface area contributed by atoms with Gasteiger partial charge in [0, 0.05) is 0 Å². The minimum atomic E-state index is -2.45. The fourth-order valence-corrected chi connectivity index (χ4v) is 0.246. The minimum absolute atomic E-state index is 0. The summed E-state index contributed by atoms with van der Waals surface area (Å²) in [6.07, 6.45) is 0. The van der Waals surface area contributed by atoms with Crippen LogP contribution in [0.25, 0.3) is 0 Å². The first-order valence-corrected chi connectivity index (χ1v) is 2.86. The molecule has 1 amide bonds. The molecule has 0 spiro atoms. The number of hydrogen-bond donors (Lipinski definition) is 1. The second-order valence-electron chi connectivity index (χ2n) is 1.16. The normalized spacial score (nSPS) is 7.22. The molecule has 0 atom stereocenters. The molecule has 6 heteroatoms. The predicted molar refractivity (Wildman–Crippen MR) is 35.9 cm³/mol. The van der Waals surface area contributed by atoms with Crippen molar-refractivity contribution in [3.63, 3.8) is 0 Å². The zero-order chi connectivity index (χ0) is 6.73. The van der Waals surface area contributed by atoms with Crippen molar-refractivity contribution in [1.29, 1.82) is 0 Å². The molecule has 48 valence electrons. The van der Waals surface area contributed by atoms with Gasteiger partial charge in [0.1, 0.15) is 4.86 Å². The summed E-state index contributed by atoms with van der Waals surface area (Å²) in [5.74, 6) is -0.904. The molecule has 0 aromatic carbocycles. The second-order valence-corrected chi connectivity index (χ2v) is 2.24. The molecule has 0 bridgehead atoms. The molecule has 0 fully saturated rings. The fraction of sp³-hybridized carbons (Fsp3) is 0.333. The summed E-state index contributed by atoms with van der Waals surface area (Å²) in [6.45, 7) is 1.14. The number of carbonyl (C=O) groups is 1. The summed E-state index contributed by atoms with van der Waals surface area (Å²) in [5.41, 5.74) is 4.57. The van der Waals surface area contributed by atoms with Gasteiger partial charge in [0.05, 0.1) is 0 Å². The van der Waals surface area contributed by atoms with E-state index in [4.69, 9.17) is 0 Å². The van der Waals surface area contributed by atoms with Crippen molar-refractivity contribution in [2.45, 2.75) is 6.92 Å². The topological polar surface area (TPSA) is 77.2 Å². The van der Waals surface area contributed by atoms with Crippen LogP contribution in [0.3, 0.4) is 0 Å². The maximum absolute atomic E-state index is 9.93. The SMILES string of the molecule is CC(C(N)=O)=S(=O)=O.[NaH]. The van der Waals surface area contributed by atoms with Gasteiger partial charge in [0.15, 0.2) is 0 Å². The molecule has 0 aliphatic heterocycles. The van der Waals surface area contributed by atoms with E-state index in [9.17, 15) is 13.2 Å². The molecule has 0 unspecified atom stereocenters. The zero-order valence-corrected chi connectivity index (χ0v) is 5.03. The zero-order valence-electron chi connectivity index (χ0n) is 4.21. The van der Waals surface area contributed by atoms with E-state index in [-0.39, 0.29) is 34.4 Å². The molecule has 4 nitrogen and oxygen atoms in total. The van der Waals surface area contributed by atoms with Gasteiger partial charge < -0.3 is 5.73 Å². The van der Waals surface area contributed by atoms with E-state index in [1.807, 2.05) is 0 Å². The molecule has 0 rings (SSSR count). The standard InChI is InChI=1S/C3H5NO3S.Na.H/c1-2(3(4)5)8(6)7;;/h1H3,(H2,4,5);;. The monoisotopic (exact) mass is 159 g/mol. The fourth-order valence-electron chi connectivity index (χ4n) is 0.0821. The van der Waals surface area contributed by atoms with Gasteiger partial charge in [0.2, 0.25) is 10.3 Å². The summed E-state index contributed by atoms with van der Waals surface area (Å²) in [6, 6.07) is 0. The molecule has 2 N–H and O–H groups in total. The van der Waals surface area contributed by atoms with Crippen LogP contribution < -0.4 is 5.73 Å². The van der Waals surface area contributed by atoms with E-state index in [1.165, 1.54) is 0 Å². The third-order valence-electron chi connectivity index (χ3n) is 0.597. The van der Waals surface area contributed by atoms with Gasteiger partial charge in [-0.05, 0) is 6.92 Å². The second kappa shape index (κ2) is 4.99.